The van der Waals surface area contributed by atoms with Crippen LogP contribution in [0.4, 0.5) is 5.69 Å². The van der Waals surface area contributed by atoms with Crippen molar-refractivity contribution in [2.75, 3.05) is 18.0 Å². The van der Waals surface area contributed by atoms with Gasteiger partial charge in [-0.3, -0.25) is 0 Å². The molecule has 0 unspecified atom stereocenters. The summed E-state index contributed by atoms with van der Waals surface area (Å²) in [5.41, 5.74) is 2.56. The molecule has 5 nitrogen and oxygen atoms in total. The molecule has 2 radical (unpaired) electrons. The Labute approximate surface area is 160 Å². The van der Waals surface area contributed by atoms with Crippen LogP contribution in [0.25, 0.3) is 11.0 Å². The standard InChI is InChI=1S/C20H21BN2O3S/c1-4-23(5-2)16-9-8-15-12-18(21)20(26-19(15)13-16)22-27(24,25)17-10-6-14(3)7-11-17/h6-13H,4-5H2,1-3H3/b22-20-. The van der Waals surface area contributed by atoms with Crippen LogP contribution in [-0.2, 0) is 10.0 Å². The second-order valence-electron chi connectivity index (χ2n) is 6.28. The highest BCUT2D eigenvalue weighted by Crippen LogP contribution is 2.21. The lowest BCUT2D eigenvalue weighted by Crippen LogP contribution is -2.27. The number of sulfonamides is 1. The smallest absolute Gasteiger partial charge is 0.285 e. The largest absolute Gasteiger partial charge is 0.438 e. The van der Waals surface area contributed by atoms with Crippen LogP contribution in [0, 0.1) is 6.92 Å². The summed E-state index contributed by atoms with van der Waals surface area (Å²) in [6, 6.07) is 13.9. The summed E-state index contributed by atoms with van der Waals surface area (Å²) in [6.07, 6.45) is 0. The van der Waals surface area contributed by atoms with E-state index in [9.17, 15) is 8.42 Å². The molecule has 0 bridgehead atoms. The normalized spacial score (nSPS) is 12.5. The molecular weight excluding hydrogens is 359 g/mol. The predicted octanol–water partition coefficient (Wildman–Crippen LogP) is 2.67. The minimum atomic E-state index is -3.92. The van der Waals surface area contributed by atoms with Crippen LogP contribution in [0.5, 0.6) is 0 Å². The van der Waals surface area contributed by atoms with E-state index in [4.69, 9.17) is 12.3 Å². The van der Waals surface area contributed by atoms with Crippen molar-refractivity contribution >= 4 is 40.0 Å². The fourth-order valence-corrected chi connectivity index (χ4v) is 3.80. The molecule has 0 atom stereocenters. The highest BCUT2D eigenvalue weighted by Gasteiger charge is 2.13. The maximum atomic E-state index is 12.6. The van der Waals surface area contributed by atoms with Gasteiger partial charge in [-0.05, 0) is 50.5 Å². The maximum Gasteiger partial charge on any atom is 0.285 e. The van der Waals surface area contributed by atoms with Crippen LogP contribution in [0.2, 0.25) is 0 Å². The average Bonchev–Trinajstić information content (AvgIpc) is 2.63. The minimum Gasteiger partial charge on any atom is -0.438 e. The van der Waals surface area contributed by atoms with E-state index in [-0.39, 0.29) is 15.9 Å². The first-order chi connectivity index (χ1) is 12.8. The molecular formula is C20H21BN2O3S. The van der Waals surface area contributed by atoms with Gasteiger partial charge in [0, 0.05) is 30.2 Å². The van der Waals surface area contributed by atoms with E-state index in [2.05, 4.69) is 23.1 Å². The molecule has 0 N–H and O–H groups in total. The summed E-state index contributed by atoms with van der Waals surface area (Å²) in [7, 11) is 2.07. The summed E-state index contributed by atoms with van der Waals surface area (Å²) in [4.78, 5) is 2.27. The molecule has 138 valence electrons. The molecule has 1 aromatic heterocycles. The van der Waals surface area contributed by atoms with Crippen molar-refractivity contribution in [2.45, 2.75) is 25.7 Å². The van der Waals surface area contributed by atoms with E-state index in [1.54, 1.807) is 18.2 Å². The Hall–Kier alpha value is -2.54. The zero-order chi connectivity index (χ0) is 19.6. The van der Waals surface area contributed by atoms with Crippen molar-refractivity contribution < 1.29 is 12.8 Å². The Morgan fingerprint density at radius 3 is 2.33 bits per heavy atom. The number of anilines is 1. The number of benzene rings is 2. The van der Waals surface area contributed by atoms with Crippen LogP contribution < -0.4 is 15.9 Å². The van der Waals surface area contributed by atoms with Crippen LogP contribution in [0.1, 0.15) is 19.4 Å². The van der Waals surface area contributed by atoms with Gasteiger partial charge in [-0.25, -0.2) is 0 Å². The molecule has 7 heteroatoms. The first-order valence-electron chi connectivity index (χ1n) is 8.80. The van der Waals surface area contributed by atoms with Crippen molar-refractivity contribution in [1.29, 1.82) is 0 Å². The molecule has 3 aromatic rings. The third-order valence-corrected chi connectivity index (χ3v) is 5.69. The Morgan fingerprint density at radius 1 is 1.04 bits per heavy atom. The monoisotopic (exact) mass is 380 g/mol. The van der Waals surface area contributed by atoms with Crippen molar-refractivity contribution in [3.8, 4) is 0 Å². The van der Waals surface area contributed by atoms with E-state index >= 15 is 0 Å². The Bertz CT molecular complexity index is 1130. The Morgan fingerprint density at radius 2 is 1.70 bits per heavy atom. The van der Waals surface area contributed by atoms with Gasteiger partial charge in [-0.1, -0.05) is 23.8 Å². The van der Waals surface area contributed by atoms with Crippen LogP contribution in [-0.4, -0.2) is 29.4 Å². The van der Waals surface area contributed by atoms with Gasteiger partial charge in [0.25, 0.3) is 10.0 Å². The van der Waals surface area contributed by atoms with Gasteiger partial charge in [0.15, 0.2) is 0 Å². The molecule has 0 spiro atoms. The minimum absolute atomic E-state index is 0.0969. The lowest BCUT2D eigenvalue weighted by Gasteiger charge is -2.21. The fraction of sp³-hybridized carbons (Fsp3) is 0.250. The first kappa shape index (κ1) is 19.2. The summed E-state index contributed by atoms with van der Waals surface area (Å²) in [5, 5.41) is 0.787. The molecule has 0 aliphatic carbocycles. The third-order valence-electron chi connectivity index (χ3n) is 4.41. The van der Waals surface area contributed by atoms with Crippen molar-refractivity contribution in [3.63, 3.8) is 0 Å². The second-order valence-corrected chi connectivity index (χ2v) is 7.88. The Kier molecular flexibility index (Phi) is 5.42. The number of nitrogens with zero attached hydrogens (tertiary/aromatic N) is 2. The molecule has 0 aliphatic rings. The molecule has 0 amide bonds. The van der Waals surface area contributed by atoms with Gasteiger partial charge in [0.05, 0.1) is 4.90 Å². The summed E-state index contributed by atoms with van der Waals surface area (Å²) in [5.74, 6) is 0. The third kappa shape index (κ3) is 4.08. The zero-order valence-electron chi connectivity index (χ0n) is 15.6. The van der Waals surface area contributed by atoms with E-state index in [1.807, 2.05) is 25.1 Å². The second kappa shape index (κ2) is 7.60. The molecule has 0 fully saturated rings. The quantitative estimate of drug-likeness (QED) is 0.639. The lowest BCUT2D eigenvalue weighted by molar-refractivity contribution is 0.545. The molecule has 2 aromatic carbocycles. The van der Waals surface area contributed by atoms with Crippen molar-refractivity contribution in [2.24, 2.45) is 4.40 Å². The number of fused-ring (bicyclic) bond motifs is 1. The molecule has 3 rings (SSSR count). The van der Waals surface area contributed by atoms with E-state index in [1.165, 1.54) is 12.1 Å². The van der Waals surface area contributed by atoms with Gasteiger partial charge >= 0.3 is 0 Å². The molecule has 0 saturated carbocycles. The van der Waals surface area contributed by atoms with Gasteiger partial charge in [0.1, 0.15) is 13.4 Å². The lowest BCUT2D eigenvalue weighted by atomic mass is 9.97. The van der Waals surface area contributed by atoms with Crippen LogP contribution in [0.15, 0.2) is 62.2 Å². The van der Waals surface area contributed by atoms with Crippen molar-refractivity contribution in [3.05, 3.63) is 59.6 Å². The fourth-order valence-electron chi connectivity index (χ4n) is 2.85. The van der Waals surface area contributed by atoms with Gasteiger partial charge in [-0.2, -0.15) is 8.42 Å². The summed E-state index contributed by atoms with van der Waals surface area (Å²) < 4.78 is 34.7. The summed E-state index contributed by atoms with van der Waals surface area (Å²) in [6.45, 7) is 7.75. The Balaban J connectivity index is 2.14. The van der Waals surface area contributed by atoms with E-state index in [0.717, 1.165) is 29.7 Å². The van der Waals surface area contributed by atoms with E-state index in [0.29, 0.717) is 5.58 Å². The molecule has 0 saturated heterocycles. The SMILES string of the molecule is [B]c1cc2ccc(N(CC)CC)cc2o/c1=N\S(=O)(=O)c1ccc(C)cc1. The van der Waals surface area contributed by atoms with Gasteiger partial charge in [0.2, 0.25) is 5.55 Å². The van der Waals surface area contributed by atoms with E-state index < -0.39 is 10.0 Å². The zero-order valence-corrected chi connectivity index (χ0v) is 16.5. The topological polar surface area (TPSA) is 62.9 Å². The average molecular weight is 380 g/mol. The predicted molar refractivity (Wildman–Crippen MR) is 109 cm³/mol. The molecule has 1 heterocycles. The molecule has 27 heavy (non-hydrogen) atoms. The van der Waals surface area contributed by atoms with Crippen LogP contribution >= 0.6 is 0 Å². The number of rotatable bonds is 5. The van der Waals surface area contributed by atoms with Crippen molar-refractivity contribution in [1.82, 2.24) is 0 Å². The number of aryl methyl sites for hydroxylation is 1. The van der Waals surface area contributed by atoms with Gasteiger partial charge < -0.3 is 9.32 Å². The van der Waals surface area contributed by atoms with Gasteiger partial charge in [-0.15, -0.1) is 4.40 Å². The maximum absolute atomic E-state index is 12.6. The highest BCUT2D eigenvalue weighted by atomic mass is 32.2. The first-order valence-corrected chi connectivity index (χ1v) is 10.2. The molecule has 0 aliphatic heterocycles. The van der Waals surface area contributed by atoms with Crippen LogP contribution in [0.3, 0.4) is 0 Å². The summed E-state index contributed by atoms with van der Waals surface area (Å²) >= 11 is 0. The number of hydrogen-bond donors (Lipinski definition) is 0. The highest BCUT2D eigenvalue weighted by molar-refractivity contribution is 7.90. The number of hydrogen-bond acceptors (Lipinski definition) is 4.